The normalized spacial score (nSPS) is 10.5. The Morgan fingerprint density at radius 2 is 2.33 bits per heavy atom. The number of thiazole rings is 2. The molecule has 0 radical (unpaired) electrons. The SMILES string of the molecule is CCc1nc(CNc2ncc(C)s2)cs1. The van der Waals surface area contributed by atoms with Crippen LogP contribution >= 0.6 is 22.7 Å². The van der Waals surface area contributed by atoms with Crippen LogP contribution in [-0.2, 0) is 13.0 Å². The largest absolute Gasteiger partial charge is 0.356 e. The summed E-state index contributed by atoms with van der Waals surface area (Å²) in [6, 6.07) is 0. The molecule has 0 aliphatic rings. The van der Waals surface area contributed by atoms with Gasteiger partial charge in [0.05, 0.1) is 17.2 Å². The number of rotatable bonds is 4. The summed E-state index contributed by atoms with van der Waals surface area (Å²) in [5.74, 6) is 0. The van der Waals surface area contributed by atoms with Gasteiger partial charge in [-0.15, -0.1) is 22.7 Å². The van der Waals surface area contributed by atoms with Crippen molar-refractivity contribution in [2.45, 2.75) is 26.8 Å². The molecule has 0 aliphatic carbocycles. The Kier molecular flexibility index (Phi) is 3.33. The summed E-state index contributed by atoms with van der Waals surface area (Å²) < 4.78 is 0. The average Bonchev–Trinajstić information content (AvgIpc) is 2.83. The van der Waals surface area contributed by atoms with Gasteiger partial charge in [-0.3, -0.25) is 0 Å². The van der Waals surface area contributed by atoms with E-state index >= 15 is 0 Å². The van der Waals surface area contributed by atoms with Gasteiger partial charge in [0.2, 0.25) is 0 Å². The molecule has 3 nitrogen and oxygen atoms in total. The number of aryl methyl sites for hydroxylation is 2. The molecule has 2 heterocycles. The summed E-state index contributed by atoms with van der Waals surface area (Å²) in [7, 11) is 0. The van der Waals surface area contributed by atoms with Crippen molar-refractivity contribution in [3.8, 4) is 0 Å². The van der Waals surface area contributed by atoms with E-state index in [1.807, 2.05) is 6.20 Å². The summed E-state index contributed by atoms with van der Waals surface area (Å²) in [5, 5.41) is 7.54. The van der Waals surface area contributed by atoms with Gasteiger partial charge in [-0.1, -0.05) is 6.92 Å². The van der Waals surface area contributed by atoms with Crippen molar-refractivity contribution in [3.63, 3.8) is 0 Å². The fraction of sp³-hybridized carbons (Fsp3) is 0.400. The molecule has 0 bridgehead atoms. The fourth-order valence-corrected chi connectivity index (χ4v) is 2.60. The quantitative estimate of drug-likeness (QED) is 0.891. The highest BCUT2D eigenvalue weighted by Gasteiger charge is 2.01. The molecule has 2 rings (SSSR count). The van der Waals surface area contributed by atoms with Crippen LogP contribution < -0.4 is 5.32 Å². The first-order valence-electron chi connectivity index (χ1n) is 4.87. The molecule has 5 heteroatoms. The van der Waals surface area contributed by atoms with Crippen molar-refractivity contribution in [2.75, 3.05) is 5.32 Å². The van der Waals surface area contributed by atoms with Crippen LogP contribution in [0.25, 0.3) is 0 Å². The van der Waals surface area contributed by atoms with E-state index in [9.17, 15) is 0 Å². The molecular weight excluding hydrogens is 226 g/mol. The van der Waals surface area contributed by atoms with Crippen molar-refractivity contribution in [1.29, 1.82) is 0 Å². The highest BCUT2D eigenvalue weighted by molar-refractivity contribution is 7.15. The minimum Gasteiger partial charge on any atom is -0.356 e. The molecule has 0 saturated carbocycles. The second-order valence-corrected chi connectivity index (χ2v) is 5.39. The molecule has 0 amide bonds. The zero-order valence-corrected chi connectivity index (χ0v) is 10.4. The van der Waals surface area contributed by atoms with Crippen molar-refractivity contribution in [3.05, 3.63) is 27.2 Å². The monoisotopic (exact) mass is 239 g/mol. The van der Waals surface area contributed by atoms with Gasteiger partial charge >= 0.3 is 0 Å². The van der Waals surface area contributed by atoms with Gasteiger partial charge in [0.25, 0.3) is 0 Å². The molecule has 0 spiro atoms. The second kappa shape index (κ2) is 4.72. The van der Waals surface area contributed by atoms with Crippen LogP contribution in [0.15, 0.2) is 11.6 Å². The lowest BCUT2D eigenvalue weighted by Crippen LogP contribution is -1.99. The maximum atomic E-state index is 4.48. The molecule has 0 fully saturated rings. The Labute approximate surface area is 97.2 Å². The van der Waals surface area contributed by atoms with E-state index in [1.54, 1.807) is 22.7 Å². The number of aromatic nitrogens is 2. The van der Waals surface area contributed by atoms with Gasteiger partial charge in [-0.2, -0.15) is 0 Å². The number of nitrogens with zero attached hydrogens (tertiary/aromatic N) is 2. The summed E-state index contributed by atoms with van der Waals surface area (Å²) >= 11 is 3.39. The summed E-state index contributed by atoms with van der Waals surface area (Å²) in [6.07, 6.45) is 2.90. The molecule has 15 heavy (non-hydrogen) atoms. The van der Waals surface area contributed by atoms with Gasteiger partial charge < -0.3 is 5.32 Å². The third-order valence-corrected chi connectivity index (χ3v) is 3.86. The van der Waals surface area contributed by atoms with E-state index in [2.05, 4.69) is 34.5 Å². The smallest absolute Gasteiger partial charge is 0.183 e. The van der Waals surface area contributed by atoms with E-state index in [-0.39, 0.29) is 0 Å². The van der Waals surface area contributed by atoms with Crippen LogP contribution in [0, 0.1) is 6.92 Å². The fourth-order valence-electron chi connectivity index (χ4n) is 1.20. The highest BCUT2D eigenvalue weighted by Crippen LogP contribution is 2.18. The van der Waals surface area contributed by atoms with Crippen LogP contribution in [-0.4, -0.2) is 9.97 Å². The van der Waals surface area contributed by atoms with E-state index in [0.717, 1.165) is 23.8 Å². The van der Waals surface area contributed by atoms with E-state index < -0.39 is 0 Å². The van der Waals surface area contributed by atoms with E-state index in [1.165, 1.54) is 9.88 Å². The molecule has 2 aromatic heterocycles. The first kappa shape index (κ1) is 10.6. The first-order valence-corrected chi connectivity index (χ1v) is 6.57. The van der Waals surface area contributed by atoms with Crippen molar-refractivity contribution in [1.82, 2.24) is 9.97 Å². The predicted molar refractivity (Wildman–Crippen MR) is 65.7 cm³/mol. The zero-order chi connectivity index (χ0) is 10.7. The molecule has 80 valence electrons. The standard InChI is InChI=1S/C10H13N3S2/c1-3-9-13-8(6-14-9)5-12-10-11-4-7(2)15-10/h4,6H,3,5H2,1-2H3,(H,11,12). The molecule has 0 aliphatic heterocycles. The lowest BCUT2D eigenvalue weighted by Gasteiger charge is -1.97. The molecule has 0 atom stereocenters. The number of hydrogen-bond donors (Lipinski definition) is 1. The maximum absolute atomic E-state index is 4.48. The Morgan fingerprint density at radius 1 is 1.47 bits per heavy atom. The Hall–Kier alpha value is -0.940. The van der Waals surface area contributed by atoms with Gasteiger partial charge in [-0.05, 0) is 13.3 Å². The molecule has 0 unspecified atom stereocenters. The lowest BCUT2D eigenvalue weighted by molar-refractivity contribution is 1.01. The van der Waals surface area contributed by atoms with Gasteiger partial charge in [0.1, 0.15) is 0 Å². The summed E-state index contributed by atoms with van der Waals surface area (Å²) in [4.78, 5) is 9.95. The maximum Gasteiger partial charge on any atom is 0.183 e. The topological polar surface area (TPSA) is 37.8 Å². The molecule has 1 N–H and O–H groups in total. The summed E-state index contributed by atoms with van der Waals surface area (Å²) in [5.41, 5.74) is 1.10. The highest BCUT2D eigenvalue weighted by atomic mass is 32.1. The zero-order valence-electron chi connectivity index (χ0n) is 8.78. The van der Waals surface area contributed by atoms with E-state index in [0.29, 0.717) is 0 Å². The number of anilines is 1. The number of nitrogens with one attached hydrogen (secondary N) is 1. The van der Waals surface area contributed by atoms with Crippen LogP contribution in [0.5, 0.6) is 0 Å². The second-order valence-electron chi connectivity index (χ2n) is 3.22. The lowest BCUT2D eigenvalue weighted by atomic mass is 10.4. The Bertz CT molecular complexity index is 433. The van der Waals surface area contributed by atoms with Crippen LogP contribution in [0.1, 0.15) is 22.5 Å². The van der Waals surface area contributed by atoms with Gasteiger partial charge in [-0.25, -0.2) is 9.97 Å². The molecule has 2 aromatic rings. The van der Waals surface area contributed by atoms with Crippen LogP contribution in [0.2, 0.25) is 0 Å². The van der Waals surface area contributed by atoms with Crippen molar-refractivity contribution >= 4 is 27.8 Å². The number of hydrogen-bond acceptors (Lipinski definition) is 5. The van der Waals surface area contributed by atoms with Crippen LogP contribution in [0.3, 0.4) is 0 Å². The Balaban J connectivity index is 1.93. The average molecular weight is 239 g/mol. The molecule has 0 saturated heterocycles. The Morgan fingerprint density at radius 3 is 2.93 bits per heavy atom. The first-order chi connectivity index (χ1) is 7.28. The van der Waals surface area contributed by atoms with E-state index in [4.69, 9.17) is 0 Å². The minimum atomic E-state index is 0.767. The van der Waals surface area contributed by atoms with Crippen molar-refractivity contribution in [2.24, 2.45) is 0 Å². The van der Waals surface area contributed by atoms with Crippen molar-refractivity contribution < 1.29 is 0 Å². The minimum absolute atomic E-state index is 0.767. The molecule has 0 aromatic carbocycles. The predicted octanol–water partition coefficient (Wildman–Crippen LogP) is 3.08. The third kappa shape index (κ3) is 2.76. The molecular formula is C10H13N3S2. The van der Waals surface area contributed by atoms with Gasteiger partial charge in [0.15, 0.2) is 5.13 Å². The van der Waals surface area contributed by atoms with Gasteiger partial charge in [0, 0.05) is 16.5 Å². The third-order valence-electron chi connectivity index (χ3n) is 1.94. The summed E-state index contributed by atoms with van der Waals surface area (Å²) in [6.45, 7) is 4.95. The van der Waals surface area contributed by atoms with Crippen LogP contribution in [0.4, 0.5) is 5.13 Å².